The number of hydrogen-bond acceptors (Lipinski definition) is 6. The molecule has 1 aromatic heterocycles. The SMILES string of the molecule is CN(CCc1ccccn1)C[C@@H]1C[C@H](c2ccc(CO)cc2)O[C@H](c2cccc(-c3cccc(CN)c3)c2)O1. The molecule has 1 aliphatic heterocycles. The Morgan fingerprint density at radius 3 is 2.41 bits per heavy atom. The second kappa shape index (κ2) is 13.1. The molecule has 3 aromatic carbocycles. The molecule has 0 radical (unpaired) electrons. The minimum absolute atomic E-state index is 0.00998. The highest BCUT2D eigenvalue weighted by atomic mass is 16.7. The minimum atomic E-state index is -0.493. The average Bonchev–Trinajstić information content (AvgIpc) is 3.00. The zero-order chi connectivity index (χ0) is 27.0. The van der Waals surface area contributed by atoms with Gasteiger partial charge in [-0.15, -0.1) is 0 Å². The number of aliphatic hydroxyl groups is 1. The van der Waals surface area contributed by atoms with E-state index < -0.39 is 6.29 Å². The van der Waals surface area contributed by atoms with Crippen LogP contribution in [-0.4, -0.2) is 41.2 Å². The number of likely N-dealkylation sites (N-methyl/N-ethyl adjacent to an activating group) is 1. The van der Waals surface area contributed by atoms with Crippen LogP contribution in [0.4, 0.5) is 0 Å². The molecule has 0 bridgehead atoms. The highest BCUT2D eigenvalue weighted by Crippen LogP contribution is 2.39. The monoisotopic (exact) mass is 523 g/mol. The number of benzene rings is 3. The van der Waals surface area contributed by atoms with Gasteiger partial charge in [-0.1, -0.05) is 66.7 Å². The molecule has 0 saturated carbocycles. The number of aliphatic hydroxyl groups excluding tert-OH is 1. The number of pyridine rings is 1. The maximum atomic E-state index is 9.49. The Balaban J connectivity index is 1.35. The van der Waals surface area contributed by atoms with Crippen LogP contribution in [0.2, 0.25) is 0 Å². The van der Waals surface area contributed by atoms with Crippen LogP contribution in [0.1, 0.15) is 46.8 Å². The number of aromatic nitrogens is 1. The van der Waals surface area contributed by atoms with E-state index in [0.717, 1.165) is 65.0 Å². The molecule has 6 heteroatoms. The van der Waals surface area contributed by atoms with Crippen LogP contribution in [-0.2, 0) is 29.0 Å². The molecule has 6 nitrogen and oxygen atoms in total. The van der Waals surface area contributed by atoms with Crippen LogP contribution >= 0.6 is 0 Å². The van der Waals surface area contributed by atoms with Crippen molar-refractivity contribution in [3.8, 4) is 11.1 Å². The molecule has 0 aliphatic carbocycles. The molecule has 0 unspecified atom stereocenters. The van der Waals surface area contributed by atoms with Crippen LogP contribution in [0.3, 0.4) is 0 Å². The van der Waals surface area contributed by atoms with Gasteiger partial charge in [-0.2, -0.15) is 0 Å². The van der Waals surface area contributed by atoms with Crippen molar-refractivity contribution in [3.05, 3.63) is 125 Å². The lowest BCUT2D eigenvalue weighted by molar-refractivity contribution is -0.252. The average molecular weight is 524 g/mol. The number of hydrogen-bond donors (Lipinski definition) is 2. The highest BCUT2D eigenvalue weighted by Gasteiger charge is 2.33. The summed E-state index contributed by atoms with van der Waals surface area (Å²) >= 11 is 0. The largest absolute Gasteiger partial charge is 0.392 e. The molecule has 1 saturated heterocycles. The highest BCUT2D eigenvalue weighted by molar-refractivity contribution is 5.65. The normalized spacial score (nSPS) is 19.3. The van der Waals surface area contributed by atoms with Gasteiger partial charge in [0, 0.05) is 49.9 Å². The maximum absolute atomic E-state index is 9.49. The quantitative estimate of drug-likeness (QED) is 0.289. The van der Waals surface area contributed by atoms with E-state index in [1.54, 1.807) is 0 Å². The predicted molar refractivity (Wildman–Crippen MR) is 154 cm³/mol. The van der Waals surface area contributed by atoms with Crippen molar-refractivity contribution in [2.45, 2.75) is 44.5 Å². The van der Waals surface area contributed by atoms with Gasteiger partial charge >= 0.3 is 0 Å². The van der Waals surface area contributed by atoms with Gasteiger partial charge in [0.2, 0.25) is 0 Å². The summed E-state index contributed by atoms with van der Waals surface area (Å²) in [4.78, 5) is 6.76. The van der Waals surface area contributed by atoms with Crippen LogP contribution in [0.25, 0.3) is 11.1 Å². The van der Waals surface area contributed by atoms with E-state index in [-0.39, 0.29) is 18.8 Å². The Labute approximate surface area is 231 Å². The summed E-state index contributed by atoms with van der Waals surface area (Å²) in [5, 5.41) is 9.49. The number of rotatable bonds is 10. The Kier molecular flexibility index (Phi) is 9.14. The fourth-order valence-corrected chi connectivity index (χ4v) is 5.07. The molecule has 0 amide bonds. The number of nitrogens with two attached hydrogens (primary N) is 1. The first-order valence-electron chi connectivity index (χ1n) is 13.6. The molecule has 5 rings (SSSR count). The van der Waals surface area contributed by atoms with Crippen LogP contribution < -0.4 is 5.73 Å². The topological polar surface area (TPSA) is 80.8 Å². The summed E-state index contributed by atoms with van der Waals surface area (Å²) in [7, 11) is 2.13. The molecular formula is C33H37N3O3. The van der Waals surface area contributed by atoms with Gasteiger partial charge in [-0.05, 0) is 59.1 Å². The Morgan fingerprint density at radius 1 is 0.872 bits per heavy atom. The first-order chi connectivity index (χ1) is 19.1. The summed E-state index contributed by atoms with van der Waals surface area (Å²) in [5.41, 5.74) is 13.3. The maximum Gasteiger partial charge on any atom is 0.184 e. The van der Waals surface area contributed by atoms with Gasteiger partial charge in [0.1, 0.15) is 0 Å². The van der Waals surface area contributed by atoms with Gasteiger partial charge in [0.05, 0.1) is 18.8 Å². The second-order valence-corrected chi connectivity index (χ2v) is 10.2. The fraction of sp³-hybridized carbons (Fsp3) is 0.303. The molecular weight excluding hydrogens is 486 g/mol. The third-order valence-corrected chi connectivity index (χ3v) is 7.26. The van der Waals surface area contributed by atoms with Crippen molar-refractivity contribution in [1.82, 2.24) is 9.88 Å². The Hall–Kier alpha value is -3.39. The lowest BCUT2D eigenvalue weighted by Gasteiger charge is -2.38. The molecule has 1 fully saturated rings. The van der Waals surface area contributed by atoms with E-state index in [0.29, 0.717) is 6.54 Å². The minimum Gasteiger partial charge on any atom is -0.392 e. The van der Waals surface area contributed by atoms with Crippen LogP contribution in [0.5, 0.6) is 0 Å². The summed E-state index contributed by atoms with van der Waals surface area (Å²) in [6.45, 7) is 2.22. The molecule has 3 N–H and O–H groups in total. The third kappa shape index (κ3) is 7.18. The van der Waals surface area contributed by atoms with Crippen LogP contribution in [0.15, 0.2) is 97.2 Å². The third-order valence-electron chi connectivity index (χ3n) is 7.26. The van der Waals surface area contributed by atoms with Gasteiger partial charge in [0.15, 0.2) is 6.29 Å². The summed E-state index contributed by atoms with van der Waals surface area (Å²) in [5.74, 6) is 0. The van der Waals surface area contributed by atoms with Crippen molar-refractivity contribution in [2.75, 3.05) is 20.1 Å². The van der Waals surface area contributed by atoms with Crippen molar-refractivity contribution in [2.24, 2.45) is 5.73 Å². The molecule has 39 heavy (non-hydrogen) atoms. The standard InChI is InChI=1S/C33H37N3O3/c1-36(17-15-30-10-2-3-16-35-30)22-31-20-32(26-13-11-24(23-37)12-14-26)39-33(38-31)29-9-5-8-28(19-29)27-7-4-6-25(18-27)21-34/h2-14,16,18-19,31-33,37H,15,17,20-23,34H2,1H3/t31-,32+,33+/m0/s1. The molecule has 2 heterocycles. The van der Waals surface area contributed by atoms with Crippen molar-refractivity contribution >= 4 is 0 Å². The van der Waals surface area contributed by atoms with Crippen molar-refractivity contribution in [3.63, 3.8) is 0 Å². The summed E-state index contributed by atoms with van der Waals surface area (Å²) in [6, 6.07) is 30.8. The zero-order valence-electron chi connectivity index (χ0n) is 22.4. The zero-order valence-corrected chi connectivity index (χ0v) is 22.4. The second-order valence-electron chi connectivity index (χ2n) is 10.2. The summed E-state index contributed by atoms with van der Waals surface area (Å²) < 4.78 is 13.2. The molecule has 3 atom stereocenters. The van der Waals surface area contributed by atoms with Crippen LogP contribution in [0, 0.1) is 0 Å². The van der Waals surface area contributed by atoms with E-state index in [4.69, 9.17) is 15.2 Å². The molecule has 0 spiro atoms. The van der Waals surface area contributed by atoms with E-state index in [1.165, 1.54) is 0 Å². The molecule has 202 valence electrons. The van der Waals surface area contributed by atoms with E-state index in [1.807, 2.05) is 42.6 Å². The lowest BCUT2D eigenvalue weighted by atomic mass is 9.98. The fourth-order valence-electron chi connectivity index (χ4n) is 5.07. The first-order valence-corrected chi connectivity index (χ1v) is 13.6. The first kappa shape index (κ1) is 27.2. The lowest BCUT2D eigenvalue weighted by Crippen LogP contribution is -2.38. The predicted octanol–water partition coefficient (Wildman–Crippen LogP) is 5.42. The summed E-state index contributed by atoms with van der Waals surface area (Å²) in [6.07, 6.45) is 2.86. The van der Waals surface area contributed by atoms with Gasteiger partial charge < -0.3 is 25.2 Å². The van der Waals surface area contributed by atoms with E-state index >= 15 is 0 Å². The smallest absolute Gasteiger partial charge is 0.184 e. The van der Waals surface area contributed by atoms with E-state index in [9.17, 15) is 5.11 Å². The van der Waals surface area contributed by atoms with Crippen molar-refractivity contribution in [1.29, 1.82) is 0 Å². The number of nitrogens with zero attached hydrogens (tertiary/aromatic N) is 2. The van der Waals surface area contributed by atoms with Gasteiger partial charge in [-0.3, -0.25) is 4.98 Å². The van der Waals surface area contributed by atoms with Gasteiger partial charge in [-0.25, -0.2) is 0 Å². The Morgan fingerprint density at radius 2 is 1.67 bits per heavy atom. The molecule has 4 aromatic rings. The van der Waals surface area contributed by atoms with Gasteiger partial charge in [0.25, 0.3) is 0 Å². The van der Waals surface area contributed by atoms with Crippen molar-refractivity contribution < 1.29 is 14.6 Å². The van der Waals surface area contributed by atoms with E-state index in [2.05, 4.69) is 71.5 Å². The molecule has 1 aliphatic rings. The number of ether oxygens (including phenoxy) is 2. The Bertz CT molecular complexity index is 1330.